The van der Waals surface area contributed by atoms with E-state index in [-0.39, 0.29) is 5.57 Å². The molecule has 3 aromatic rings. The lowest BCUT2D eigenvalue weighted by atomic mass is 10.0. The molecule has 0 aliphatic carbocycles. The van der Waals surface area contributed by atoms with Crippen molar-refractivity contribution in [2.45, 2.75) is 34.3 Å². The molecule has 37 heavy (non-hydrogen) atoms. The third-order valence-electron chi connectivity index (χ3n) is 5.82. The normalized spacial score (nSPS) is 14.7. The average Bonchev–Trinajstić information content (AvgIpc) is 2.83. The number of nitrogens with one attached hydrogen (secondary N) is 1. The number of aryl methyl sites for hydroxylation is 3. The van der Waals surface area contributed by atoms with Crippen LogP contribution in [0, 0.1) is 24.3 Å². The molecule has 3 aromatic carbocycles. The Balaban J connectivity index is 1.68. The lowest BCUT2D eigenvalue weighted by Gasteiger charge is -2.28. The number of carbonyl (C=O) groups is 3. The molecule has 0 spiro atoms. The quantitative estimate of drug-likeness (QED) is 0.206. The fraction of sp³-hybridized carbons (Fsp3) is 0.207. The van der Waals surface area contributed by atoms with Crippen LogP contribution >= 0.6 is 22.6 Å². The molecule has 4 rings (SSSR count). The summed E-state index contributed by atoms with van der Waals surface area (Å²) in [6.07, 6.45) is 1.47. The summed E-state index contributed by atoms with van der Waals surface area (Å²) in [5.74, 6) is -0.350. The highest BCUT2D eigenvalue weighted by molar-refractivity contribution is 14.1. The van der Waals surface area contributed by atoms with E-state index >= 15 is 0 Å². The molecule has 8 heteroatoms. The number of hydrogen-bond acceptors (Lipinski definition) is 5. The van der Waals surface area contributed by atoms with Crippen molar-refractivity contribution in [2.24, 2.45) is 0 Å². The number of nitrogens with zero attached hydrogens (tertiary/aromatic N) is 1. The number of ether oxygens (including phenoxy) is 2. The Kier molecular flexibility index (Phi) is 7.97. The van der Waals surface area contributed by atoms with E-state index in [1.54, 1.807) is 25.1 Å². The Morgan fingerprint density at radius 3 is 2.43 bits per heavy atom. The van der Waals surface area contributed by atoms with Crippen molar-refractivity contribution < 1.29 is 23.9 Å². The smallest absolute Gasteiger partial charge is 0.335 e. The molecule has 1 saturated heterocycles. The van der Waals surface area contributed by atoms with E-state index in [0.29, 0.717) is 36.0 Å². The van der Waals surface area contributed by atoms with Gasteiger partial charge in [0.05, 0.1) is 15.9 Å². The van der Waals surface area contributed by atoms with Crippen LogP contribution in [0.25, 0.3) is 6.08 Å². The number of benzene rings is 3. The first-order chi connectivity index (χ1) is 17.7. The molecule has 0 bridgehead atoms. The lowest BCUT2D eigenvalue weighted by molar-refractivity contribution is -0.122. The van der Waals surface area contributed by atoms with E-state index in [4.69, 9.17) is 9.47 Å². The molecule has 0 radical (unpaired) electrons. The van der Waals surface area contributed by atoms with Gasteiger partial charge in [0.1, 0.15) is 12.2 Å². The van der Waals surface area contributed by atoms with E-state index in [2.05, 4.69) is 34.0 Å². The molecule has 1 N–H and O–H groups in total. The highest BCUT2D eigenvalue weighted by Gasteiger charge is 2.37. The molecule has 7 nitrogen and oxygen atoms in total. The predicted molar refractivity (Wildman–Crippen MR) is 151 cm³/mol. The standard InChI is InChI=1S/C29H27IN2O5/c1-5-36-25-15-21(14-23(30)26(25)37-16-20-8-6-7-17(2)11-20)13-22-27(33)31-29(35)32(28(22)34)24-12-18(3)9-10-19(24)4/h6-15H,5,16H2,1-4H3,(H,31,33,35)/b22-13+. The second kappa shape index (κ2) is 11.2. The van der Waals surface area contributed by atoms with Gasteiger partial charge in [-0.15, -0.1) is 0 Å². The largest absolute Gasteiger partial charge is 0.490 e. The van der Waals surface area contributed by atoms with Gasteiger partial charge in [-0.2, -0.15) is 0 Å². The molecule has 0 atom stereocenters. The minimum Gasteiger partial charge on any atom is -0.490 e. The number of rotatable bonds is 7. The zero-order chi connectivity index (χ0) is 26.7. The van der Waals surface area contributed by atoms with E-state index in [0.717, 1.165) is 30.7 Å². The van der Waals surface area contributed by atoms with Crippen molar-refractivity contribution in [2.75, 3.05) is 11.5 Å². The summed E-state index contributed by atoms with van der Waals surface area (Å²) in [5, 5.41) is 2.29. The first-order valence-corrected chi connectivity index (χ1v) is 12.9. The van der Waals surface area contributed by atoms with Crippen LogP contribution in [0.2, 0.25) is 0 Å². The molecule has 0 aromatic heterocycles. The summed E-state index contributed by atoms with van der Waals surface area (Å²) < 4.78 is 12.7. The second-order valence-corrected chi connectivity index (χ2v) is 9.95. The third kappa shape index (κ3) is 5.85. The van der Waals surface area contributed by atoms with E-state index in [1.807, 2.05) is 51.1 Å². The molecular formula is C29H27IN2O5. The van der Waals surface area contributed by atoms with Crippen molar-refractivity contribution in [3.63, 3.8) is 0 Å². The predicted octanol–water partition coefficient (Wildman–Crippen LogP) is 5.86. The van der Waals surface area contributed by atoms with E-state index in [1.165, 1.54) is 6.08 Å². The van der Waals surface area contributed by atoms with Crippen molar-refractivity contribution in [3.05, 3.63) is 91.6 Å². The van der Waals surface area contributed by atoms with Crippen LogP contribution in [-0.4, -0.2) is 24.5 Å². The zero-order valence-electron chi connectivity index (χ0n) is 21.1. The molecule has 0 saturated carbocycles. The lowest BCUT2D eigenvalue weighted by Crippen LogP contribution is -2.54. The summed E-state index contributed by atoms with van der Waals surface area (Å²) in [7, 11) is 0. The van der Waals surface area contributed by atoms with Crippen molar-refractivity contribution >= 4 is 52.2 Å². The summed E-state index contributed by atoms with van der Waals surface area (Å²) >= 11 is 2.15. The Labute approximate surface area is 229 Å². The van der Waals surface area contributed by atoms with Crippen LogP contribution in [0.15, 0.2) is 60.2 Å². The minimum atomic E-state index is -0.773. The maximum atomic E-state index is 13.4. The summed E-state index contributed by atoms with van der Waals surface area (Å²) in [6, 6.07) is 16.3. The van der Waals surface area contributed by atoms with Gasteiger partial charge in [0, 0.05) is 0 Å². The number of halogens is 1. The number of anilines is 1. The van der Waals surface area contributed by atoms with Crippen LogP contribution in [-0.2, 0) is 16.2 Å². The van der Waals surface area contributed by atoms with Gasteiger partial charge < -0.3 is 9.47 Å². The van der Waals surface area contributed by atoms with Gasteiger partial charge in [0.15, 0.2) is 11.5 Å². The van der Waals surface area contributed by atoms with Gasteiger partial charge in [0.25, 0.3) is 11.8 Å². The first-order valence-electron chi connectivity index (χ1n) is 11.8. The summed E-state index contributed by atoms with van der Waals surface area (Å²) in [5.41, 5.74) is 4.67. The Morgan fingerprint density at radius 1 is 0.946 bits per heavy atom. The fourth-order valence-electron chi connectivity index (χ4n) is 4.03. The van der Waals surface area contributed by atoms with Crippen molar-refractivity contribution in [3.8, 4) is 11.5 Å². The van der Waals surface area contributed by atoms with Crippen LogP contribution in [0.1, 0.15) is 34.7 Å². The molecular weight excluding hydrogens is 583 g/mol. The Hall–Kier alpha value is -3.66. The molecule has 1 aliphatic rings. The van der Waals surface area contributed by atoms with Crippen LogP contribution < -0.4 is 19.7 Å². The monoisotopic (exact) mass is 610 g/mol. The highest BCUT2D eigenvalue weighted by atomic mass is 127. The molecule has 0 unspecified atom stereocenters. The molecule has 1 aliphatic heterocycles. The van der Waals surface area contributed by atoms with Gasteiger partial charge in [0.2, 0.25) is 0 Å². The molecule has 1 fully saturated rings. The fourth-order valence-corrected chi connectivity index (χ4v) is 4.82. The van der Waals surface area contributed by atoms with Crippen LogP contribution in [0.5, 0.6) is 11.5 Å². The van der Waals surface area contributed by atoms with E-state index in [9.17, 15) is 14.4 Å². The van der Waals surface area contributed by atoms with Crippen molar-refractivity contribution in [1.82, 2.24) is 5.32 Å². The Bertz CT molecular complexity index is 1430. The second-order valence-electron chi connectivity index (χ2n) is 8.79. The highest BCUT2D eigenvalue weighted by Crippen LogP contribution is 2.36. The van der Waals surface area contributed by atoms with Gasteiger partial charge in [-0.3, -0.25) is 14.9 Å². The van der Waals surface area contributed by atoms with Gasteiger partial charge in [-0.25, -0.2) is 9.69 Å². The topological polar surface area (TPSA) is 84.9 Å². The summed E-state index contributed by atoms with van der Waals surface area (Å²) in [4.78, 5) is 39.7. The van der Waals surface area contributed by atoms with E-state index < -0.39 is 17.8 Å². The van der Waals surface area contributed by atoms with Crippen LogP contribution in [0.3, 0.4) is 0 Å². The van der Waals surface area contributed by atoms with Gasteiger partial charge in [-0.1, -0.05) is 42.0 Å². The average molecular weight is 610 g/mol. The Morgan fingerprint density at radius 2 is 1.70 bits per heavy atom. The molecule has 190 valence electrons. The van der Waals surface area contributed by atoms with Gasteiger partial charge >= 0.3 is 6.03 Å². The number of amides is 4. The molecule has 4 amide bonds. The minimum absolute atomic E-state index is 0.146. The maximum absolute atomic E-state index is 13.4. The third-order valence-corrected chi connectivity index (χ3v) is 6.62. The summed E-state index contributed by atoms with van der Waals surface area (Å²) in [6.45, 7) is 8.35. The number of carbonyl (C=O) groups excluding carboxylic acids is 3. The number of urea groups is 1. The van der Waals surface area contributed by atoms with Gasteiger partial charge in [-0.05, 0) is 96.8 Å². The number of barbiturate groups is 1. The zero-order valence-corrected chi connectivity index (χ0v) is 23.2. The number of imide groups is 2. The molecule has 1 heterocycles. The maximum Gasteiger partial charge on any atom is 0.335 e. The first kappa shape index (κ1) is 26.4. The SMILES string of the molecule is CCOc1cc(/C=C2\C(=O)NC(=O)N(c3cc(C)ccc3C)C2=O)cc(I)c1OCc1cccc(C)c1. The number of hydrogen-bond donors (Lipinski definition) is 1. The van der Waals surface area contributed by atoms with Crippen molar-refractivity contribution in [1.29, 1.82) is 0 Å². The van der Waals surface area contributed by atoms with Crippen LogP contribution in [0.4, 0.5) is 10.5 Å².